The van der Waals surface area contributed by atoms with E-state index in [1.165, 1.54) is 10.5 Å². The van der Waals surface area contributed by atoms with Gasteiger partial charge >= 0.3 is 5.63 Å². The van der Waals surface area contributed by atoms with Crippen molar-refractivity contribution in [3.63, 3.8) is 0 Å². The Morgan fingerprint density at radius 1 is 1.17 bits per heavy atom. The van der Waals surface area contributed by atoms with Gasteiger partial charge in [0.25, 0.3) is 0 Å². The molecule has 3 aromatic rings. The van der Waals surface area contributed by atoms with Crippen LogP contribution in [0.2, 0.25) is 0 Å². The van der Waals surface area contributed by atoms with E-state index in [2.05, 4.69) is 33.9 Å². The van der Waals surface area contributed by atoms with Crippen LogP contribution in [0.15, 0.2) is 50.2 Å². The van der Waals surface area contributed by atoms with Gasteiger partial charge in [0, 0.05) is 17.0 Å². The molecule has 1 aromatic carbocycles. The summed E-state index contributed by atoms with van der Waals surface area (Å²) in [7, 11) is 2.10. The van der Waals surface area contributed by atoms with Crippen LogP contribution in [0.5, 0.6) is 0 Å². The number of quaternary nitrogens is 1. The van der Waals surface area contributed by atoms with E-state index in [4.69, 9.17) is 8.83 Å². The van der Waals surface area contributed by atoms with E-state index in [1.807, 2.05) is 18.2 Å². The average Bonchev–Trinajstić information content (AvgIpc) is 2.98. The zero-order valence-corrected chi connectivity index (χ0v) is 14.7. The number of hydrogen-bond donors (Lipinski definition) is 1. The molecule has 0 fully saturated rings. The lowest BCUT2D eigenvalue weighted by Crippen LogP contribution is -3.06. The highest BCUT2D eigenvalue weighted by Gasteiger charge is 2.15. The Labute approximate surface area is 141 Å². The standard InChI is InChI=1S/C20H23NO3/c1-13(2)17-10-18-15(9-20(22)24-19(18)8-14(17)3)11-21(4)12-16-6-5-7-23-16/h5-10,13H,11-12H2,1-4H3/p+1. The Hall–Kier alpha value is -2.33. The Morgan fingerprint density at radius 2 is 1.96 bits per heavy atom. The monoisotopic (exact) mass is 326 g/mol. The second-order valence-corrected chi connectivity index (χ2v) is 6.84. The fraction of sp³-hybridized carbons (Fsp3) is 0.350. The van der Waals surface area contributed by atoms with Gasteiger partial charge in [-0.1, -0.05) is 13.8 Å². The third-order valence-corrected chi connectivity index (χ3v) is 4.39. The van der Waals surface area contributed by atoms with Gasteiger partial charge in [0.05, 0.1) is 13.3 Å². The molecular weight excluding hydrogens is 302 g/mol. The summed E-state index contributed by atoms with van der Waals surface area (Å²) in [5.41, 5.74) is 3.85. The van der Waals surface area contributed by atoms with Gasteiger partial charge < -0.3 is 13.7 Å². The zero-order valence-electron chi connectivity index (χ0n) is 14.7. The first-order chi connectivity index (χ1) is 11.4. The van der Waals surface area contributed by atoms with Crippen molar-refractivity contribution in [3.05, 3.63) is 69.5 Å². The van der Waals surface area contributed by atoms with Crippen molar-refractivity contribution in [1.82, 2.24) is 0 Å². The highest BCUT2D eigenvalue weighted by Crippen LogP contribution is 2.26. The molecule has 3 rings (SSSR count). The molecule has 0 spiro atoms. The summed E-state index contributed by atoms with van der Waals surface area (Å²) in [6.07, 6.45) is 1.69. The number of furan rings is 1. The highest BCUT2D eigenvalue weighted by molar-refractivity contribution is 5.82. The second kappa shape index (κ2) is 6.65. The molecule has 2 aromatic heterocycles. The van der Waals surface area contributed by atoms with E-state index in [1.54, 1.807) is 12.3 Å². The summed E-state index contributed by atoms with van der Waals surface area (Å²) in [4.78, 5) is 13.2. The first-order valence-electron chi connectivity index (χ1n) is 8.35. The molecule has 0 bridgehead atoms. The largest absolute Gasteiger partial charge is 0.463 e. The number of fused-ring (bicyclic) bond motifs is 1. The van der Waals surface area contributed by atoms with E-state index in [0.29, 0.717) is 11.5 Å². The van der Waals surface area contributed by atoms with Gasteiger partial charge in [0.1, 0.15) is 18.7 Å². The molecule has 4 heteroatoms. The van der Waals surface area contributed by atoms with Gasteiger partial charge in [0.2, 0.25) is 0 Å². The van der Waals surface area contributed by atoms with E-state index in [0.717, 1.165) is 35.4 Å². The Kier molecular flexibility index (Phi) is 4.58. The van der Waals surface area contributed by atoms with Crippen molar-refractivity contribution in [3.8, 4) is 0 Å². The van der Waals surface area contributed by atoms with Crippen molar-refractivity contribution in [1.29, 1.82) is 0 Å². The van der Waals surface area contributed by atoms with Crippen LogP contribution in [0, 0.1) is 6.92 Å². The van der Waals surface area contributed by atoms with Crippen LogP contribution in [0.25, 0.3) is 11.0 Å². The van der Waals surface area contributed by atoms with Crippen molar-refractivity contribution in [2.45, 2.75) is 39.8 Å². The van der Waals surface area contributed by atoms with E-state index >= 15 is 0 Å². The lowest BCUT2D eigenvalue weighted by Gasteiger charge is -2.16. The molecule has 24 heavy (non-hydrogen) atoms. The molecule has 1 unspecified atom stereocenters. The highest BCUT2D eigenvalue weighted by atomic mass is 16.4. The maximum absolute atomic E-state index is 11.9. The van der Waals surface area contributed by atoms with E-state index in [9.17, 15) is 4.79 Å². The van der Waals surface area contributed by atoms with Gasteiger partial charge in [-0.25, -0.2) is 4.79 Å². The van der Waals surface area contributed by atoms with Crippen molar-refractivity contribution in [2.24, 2.45) is 0 Å². The predicted molar refractivity (Wildman–Crippen MR) is 94.3 cm³/mol. The fourth-order valence-electron chi connectivity index (χ4n) is 3.26. The van der Waals surface area contributed by atoms with Crippen LogP contribution >= 0.6 is 0 Å². The summed E-state index contributed by atoms with van der Waals surface area (Å²) in [6.45, 7) is 7.94. The molecule has 0 radical (unpaired) electrons. The average molecular weight is 326 g/mol. The molecular formula is C20H24NO3+. The maximum Gasteiger partial charge on any atom is 0.336 e. The minimum absolute atomic E-state index is 0.292. The summed E-state index contributed by atoms with van der Waals surface area (Å²) >= 11 is 0. The molecule has 1 atom stereocenters. The first kappa shape index (κ1) is 16.5. The molecule has 2 heterocycles. The van der Waals surface area contributed by atoms with Crippen LogP contribution in [0.4, 0.5) is 0 Å². The Morgan fingerprint density at radius 3 is 2.62 bits per heavy atom. The van der Waals surface area contributed by atoms with Gasteiger partial charge in [0.15, 0.2) is 5.76 Å². The molecule has 126 valence electrons. The number of rotatable bonds is 5. The van der Waals surface area contributed by atoms with Crippen LogP contribution in [-0.4, -0.2) is 7.05 Å². The molecule has 4 nitrogen and oxygen atoms in total. The van der Waals surface area contributed by atoms with E-state index < -0.39 is 0 Å². The summed E-state index contributed by atoms with van der Waals surface area (Å²) in [5.74, 6) is 1.38. The van der Waals surface area contributed by atoms with Crippen LogP contribution in [-0.2, 0) is 13.1 Å². The first-order valence-corrected chi connectivity index (χ1v) is 8.35. The molecule has 0 aliphatic carbocycles. The van der Waals surface area contributed by atoms with Crippen LogP contribution < -0.4 is 10.5 Å². The van der Waals surface area contributed by atoms with Gasteiger partial charge in [-0.2, -0.15) is 0 Å². The summed E-state index contributed by atoms with van der Waals surface area (Å²) < 4.78 is 10.8. The molecule has 0 aliphatic heterocycles. The molecule has 0 saturated heterocycles. The quantitative estimate of drug-likeness (QED) is 0.733. The van der Waals surface area contributed by atoms with Gasteiger partial charge in [-0.3, -0.25) is 0 Å². The minimum atomic E-state index is -0.292. The summed E-state index contributed by atoms with van der Waals surface area (Å²) in [6, 6.07) is 9.65. The molecule has 1 N–H and O–H groups in total. The van der Waals surface area contributed by atoms with Gasteiger partial charge in [-0.15, -0.1) is 0 Å². The predicted octanol–water partition coefficient (Wildman–Crippen LogP) is 3.03. The van der Waals surface area contributed by atoms with Crippen molar-refractivity contribution < 1.29 is 13.7 Å². The zero-order chi connectivity index (χ0) is 17.3. The normalized spacial score (nSPS) is 12.9. The maximum atomic E-state index is 11.9. The van der Waals surface area contributed by atoms with E-state index in [-0.39, 0.29) is 5.63 Å². The van der Waals surface area contributed by atoms with Crippen LogP contribution in [0.3, 0.4) is 0 Å². The topological polar surface area (TPSA) is 47.8 Å². The smallest absolute Gasteiger partial charge is 0.336 e. The third kappa shape index (κ3) is 3.44. The minimum Gasteiger partial charge on any atom is -0.463 e. The lowest BCUT2D eigenvalue weighted by atomic mass is 9.95. The number of nitrogens with one attached hydrogen (secondary N) is 1. The summed E-state index contributed by atoms with van der Waals surface area (Å²) in [5, 5.41) is 1.03. The Balaban J connectivity index is 1.99. The number of aryl methyl sites for hydroxylation is 1. The molecule has 0 saturated carbocycles. The van der Waals surface area contributed by atoms with Crippen LogP contribution in [0.1, 0.15) is 42.2 Å². The number of hydrogen-bond acceptors (Lipinski definition) is 3. The molecule has 0 aliphatic rings. The molecule has 0 amide bonds. The van der Waals surface area contributed by atoms with Crippen molar-refractivity contribution in [2.75, 3.05) is 7.05 Å². The van der Waals surface area contributed by atoms with Crippen molar-refractivity contribution >= 4 is 11.0 Å². The lowest BCUT2D eigenvalue weighted by molar-refractivity contribution is -0.908. The fourth-order valence-corrected chi connectivity index (χ4v) is 3.26. The number of benzene rings is 1. The second-order valence-electron chi connectivity index (χ2n) is 6.84. The third-order valence-electron chi connectivity index (χ3n) is 4.39. The Bertz CT molecular complexity index is 891. The van der Waals surface area contributed by atoms with Gasteiger partial charge in [-0.05, 0) is 48.2 Å². The SMILES string of the molecule is Cc1cc2oc(=O)cc(C[NH+](C)Cc3ccco3)c2cc1C(C)C.